The van der Waals surface area contributed by atoms with Gasteiger partial charge in [-0.25, -0.2) is 0 Å². The molecule has 0 saturated carbocycles. The fourth-order valence-electron chi connectivity index (χ4n) is 4.33. The van der Waals surface area contributed by atoms with Crippen molar-refractivity contribution in [2.75, 3.05) is 32.8 Å². The molecule has 1 aliphatic rings. The fourth-order valence-corrected chi connectivity index (χ4v) is 4.52. The van der Waals surface area contributed by atoms with Gasteiger partial charge in [0.05, 0.1) is 12.7 Å². The van der Waals surface area contributed by atoms with Crippen LogP contribution in [-0.2, 0) is 4.74 Å². The van der Waals surface area contributed by atoms with E-state index in [1.54, 1.807) is 29.2 Å². The largest absolute Gasteiger partial charge is 0.373 e. The molecule has 3 aromatic rings. The van der Waals surface area contributed by atoms with Gasteiger partial charge in [0.2, 0.25) is 0 Å². The number of hydrogen-bond donors (Lipinski definition) is 0. The Kier molecular flexibility index (Phi) is 7.31. The highest BCUT2D eigenvalue weighted by atomic mass is 35.5. The Bertz CT molecular complexity index is 1140. The second-order valence-electron chi connectivity index (χ2n) is 8.89. The Labute approximate surface area is 199 Å². The van der Waals surface area contributed by atoms with Crippen LogP contribution in [0.2, 0.25) is 5.02 Å². The maximum absolute atomic E-state index is 13.6. The van der Waals surface area contributed by atoms with Crippen molar-refractivity contribution in [3.05, 3.63) is 82.9 Å². The van der Waals surface area contributed by atoms with Gasteiger partial charge in [-0.2, -0.15) is 0 Å². The summed E-state index contributed by atoms with van der Waals surface area (Å²) in [5.74, 6) is 0.223. The second kappa shape index (κ2) is 10.4. The van der Waals surface area contributed by atoms with Crippen molar-refractivity contribution in [3.8, 4) is 0 Å². The molecule has 0 unspecified atom stereocenters. The Morgan fingerprint density at radius 3 is 2.64 bits per heavy atom. The average Bonchev–Trinajstić information content (AvgIpc) is 2.82. The van der Waals surface area contributed by atoms with Gasteiger partial charge in [0.1, 0.15) is 0 Å². The number of nitrogens with zero attached hydrogens (tertiary/aromatic N) is 2. The number of carbonyl (C=O) groups is 2. The summed E-state index contributed by atoms with van der Waals surface area (Å²) in [4.78, 5) is 30.3. The first kappa shape index (κ1) is 23.3. The molecule has 0 aromatic heterocycles. The Balaban J connectivity index is 1.52. The smallest absolute Gasteiger partial charge is 0.254 e. The predicted molar refractivity (Wildman–Crippen MR) is 132 cm³/mol. The molecule has 1 atom stereocenters. The van der Waals surface area contributed by atoms with Crippen LogP contribution in [0.3, 0.4) is 0 Å². The van der Waals surface area contributed by atoms with Crippen molar-refractivity contribution in [2.45, 2.75) is 20.0 Å². The van der Waals surface area contributed by atoms with Gasteiger partial charge >= 0.3 is 0 Å². The molecule has 1 aliphatic heterocycles. The van der Waals surface area contributed by atoms with Gasteiger partial charge in [0, 0.05) is 42.3 Å². The Morgan fingerprint density at radius 1 is 1.09 bits per heavy atom. The number of rotatable bonds is 6. The van der Waals surface area contributed by atoms with Gasteiger partial charge < -0.3 is 14.5 Å². The van der Waals surface area contributed by atoms with E-state index in [0.29, 0.717) is 54.9 Å². The van der Waals surface area contributed by atoms with Crippen LogP contribution in [0, 0.1) is 5.92 Å². The number of benzene rings is 3. The molecule has 0 spiro atoms. The summed E-state index contributed by atoms with van der Waals surface area (Å²) in [6, 6.07) is 20.7. The third-order valence-electron chi connectivity index (χ3n) is 5.81. The number of carbonyl (C=O) groups excluding carboxylic acids is 2. The van der Waals surface area contributed by atoms with Gasteiger partial charge in [-0.05, 0) is 41.0 Å². The summed E-state index contributed by atoms with van der Waals surface area (Å²) in [7, 11) is 0. The van der Waals surface area contributed by atoms with Crippen molar-refractivity contribution < 1.29 is 14.3 Å². The molecule has 6 heteroatoms. The number of fused-ring (bicyclic) bond motifs is 1. The van der Waals surface area contributed by atoms with E-state index in [1.165, 1.54) is 0 Å². The van der Waals surface area contributed by atoms with E-state index >= 15 is 0 Å². The molecule has 2 amide bonds. The molecule has 1 saturated heterocycles. The SMILES string of the molecule is CC(C)CN(C[C@H]1CN(C(=O)c2cccc(Cl)c2)CCO1)C(=O)c1cccc2ccccc12. The number of hydrogen-bond acceptors (Lipinski definition) is 3. The number of amides is 2. The minimum atomic E-state index is -0.250. The molecule has 0 radical (unpaired) electrons. The maximum Gasteiger partial charge on any atom is 0.254 e. The van der Waals surface area contributed by atoms with Crippen molar-refractivity contribution in [3.63, 3.8) is 0 Å². The molecule has 0 N–H and O–H groups in total. The molecule has 0 bridgehead atoms. The van der Waals surface area contributed by atoms with Gasteiger partial charge in [0.15, 0.2) is 0 Å². The predicted octanol–water partition coefficient (Wildman–Crippen LogP) is 5.13. The zero-order valence-electron chi connectivity index (χ0n) is 19.0. The molecule has 0 aliphatic carbocycles. The monoisotopic (exact) mass is 464 g/mol. The number of morpholine rings is 1. The van der Waals surface area contributed by atoms with Crippen LogP contribution < -0.4 is 0 Å². The molecule has 172 valence electrons. The van der Waals surface area contributed by atoms with Gasteiger partial charge in [-0.15, -0.1) is 0 Å². The van der Waals surface area contributed by atoms with Crippen LogP contribution in [0.4, 0.5) is 0 Å². The van der Waals surface area contributed by atoms with E-state index in [9.17, 15) is 9.59 Å². The van der Waals surface area contributed by atoms with Gasteiger partial charge in [-0.3, -0.25) is 9.59 Å². The Hall–Kier alpha value is -2.89. The molecular weight excluding hydrogens is 436 g/mol. The fraction of sp³-hybridized carbons (Fsp3) is 0.333. The first-order valence-electron chi connectivity index (χ1n) is 11.4. The van der Waals surface area contributed by atoms with Crippen LogP contribution in [0.5, 0.6) is 0 Å². The zero-order chi connectivity index (χ0) is 23.4. The van der Waals surface area contributed by atoms with Crippen LogP contribution in [0.25, 0.3) is 10.8 Å². The standard InChI is InChI=1S/C27H29ClN2O3/c1-19(2)16-30(27(32)25-12-6-8-20-7-3-4-11-24(20)25)18-23-17-29(13-14-33-23)26(31)21-9-5-10-22(28)15-21/h3-12,15,19,23H,13-14,16-18H2,1-2H3/t23-/m1/s1. The summed E-state index contributed by atoms with van der Waals surface area (Å²) < 4.78 is 5.99. The molecule has 4 rings (SSSR count). The minimum Gasteiger partial charge on any atom is -0.373 e. The first-order chi connectivity index (χ1) is 15.9. The van der Waals surface area contributed by atoms with Crippen molar-refractivity contribution >= 4 is 34.2 Å². The summed E-state index contributed by atoms with van der Waals surface area (Å²) in [5.41, 5.74) is 1.26. The maximum atomic E-state index is 13.6. The molecular formula is C27H29ClN2O3. The van der Waals surface area contributed by atoms with Crippen LogP contribution in [0.15, 0.2) is 66.7 Å². The molecule has 1 heterocycles. The highest BCUT2D eigenvalue weighted by Crippen LogP contribution is 2.22. The molecule has 3 aromatic carbocycles. The third kappa shape index (κ3) is 5.55. The average molecular weight is 465 g/mol. The normalized spacial score (nSPS) is 16.2. The molecule has 1 fully saturated rings. The summed E-state index contributed by atoms with van der Waals surface area (Å²) in [6.07, 6.45) is -0.250. The highest BCUT2D eigenvalue weighted by Gasteiger charge is 2.29. The van der Waals surface area contributed by atoms with Crippen LogP contribution in [0.1, 0.15) is 34.6 Å². The number of halogens is 1. The van der Waals surface area contributed by atoms with Gasteiger partial charge in [-0.1, -0.05) is 67.9 Å². The molecule has 33 heavy (non-hydrogen) atoms. The minimum absolute atomic E-state index is 0.0117. The highest BCUT2D eigenvalue weighted by molar-refractivity contribution is 6.30. The summed E-state index contributed by atoms with van der Waals surface area (Å²) in [5, 5.41) is 2.52. The quantitative estimate of drug-likeness (QED) is 0.508. The van der Waals surface area contributed by atoms with E-state index in [4.69, 9.17) is 16.3 Å². The van der Waals surface area contributed by atoms with E-state index in [0.717, 1.165) is 10.8 Å². The lowest BCUT2D eigenvalue weighted by Crippen LogP contribution is -2.51. The van der Waals surface area contributed by atoms with Gasteiger partial charge in [0.25, 0.3) is 11.8 Å². The lowest BCUT2D eigenvalue weighted by molar-refractivity contribution is -0.0339. The summed E-state index contributed by atoms with van der Waals surface area (Å²) in [6.45, 7) is 6.63. The second-order valence-corrected chi connectivity index (χ2v) is 9.32. The third-order valence-corrected chi connectivity index (χ3v) is 6.05. The van der Waals surface area contributed by atoms with E-state index < -0.39 is 0 Å². The summed E-state index contributed by atoms with van der Waals surface area (Å²) >= 11 is 6.07. The zero-order valence-corrected chi connectivity index (χ0v) is 19.8. The van der Waals surface area contributed by atoms with E-state index in [1.807, 2.05) is 47.4 Å². The van der Waals surface area contributed by atoms with Crippen molar-refractivity contribution in [1.29, 1.82) is 0 Å². The van der Waals surface area contributed by atoms with Crippen molar-refractivity contribution in [2.24, 2.45) is 5.92 Å². The van der Waals surface area contributed by atoms with Crippen LogP contribution >= 0.6 is 11.6 Å². The van der Waals surface area contributed by atoms with Crippen molar-refractivity contribution in [1.82, 2.24) is 9.80 Å². The Morgan fingerprint density at radius 2 is 1.85 bits per heavy atom. The molecule has 5 nitrogen and oxygen atoms in total. The lowest BCUT2D eigenvalue weighted by atomic mass is 10.0. The number of ether oxygens (including phenoxy) is 1. The van der Waals surface area contributed by atoms with Crippen LogP contribution in [-0.4, -0.2) is 60.5 Å². The lowest BCUT2D eigenvalue weighted by Gasteiger charge is -2.36. The topological polar surface area (TPSA) is 49.9 Å². The van der Waals surface area contributed by atoms with E-state index in [2.05, 4.69) is 13.8 Å². The first-order valence-corrected chi connectivity index (χ1v) is 11.7. The van der Waals surface area contributed by atoms with E-state index in [-0.39, 0.29) is 17.9 Å².